The number of aliphatic imine (C=N–C) groups is 1. The van der Waals surface area contributed by atoms with Crippen LogP contribution in [-0.2, 0) is 0 Å². The van der Waals surface area contributed by atoms with Crippen LogP contribution in [0, 0.1) is 0 Å². The van der Waals surface area contributed by atoms with E-state index in [0.717, 1.165) is 11.1 Å². The van der Waals surface area contributed by atoms with Crippen LogP contribution in [0.15, 0.2) is 29.3 Å². The standard InChI is InChI=1S/C10H10N2O/c1-11-10(12-13)9-6-7-4-2-3-5-8(7)9/h2-6,13H,1H3,(H,11,12). The molecular formula is C10H10N2O. The normalized spacial score (nSPS) is 14.3. The van der Waals surface area contributed by atoms with E-state index in [2.05, 4.69) is 10.5 Å². The zero-order chi connectivity index (χ0) is 9.26. The Morgan fingerprint density at radius 3 is 2.77 bits per heavy atom. The summed E-state index contributed by atoms with van der Waals surface area (Å²) in [7, 11) is 1.64. The van der Waals surface area contributed by atoms with Crippen LogP contribution in [-0.4, -0.2) is 18.1 Å². The average Bonchev–Trinajstić information content (AvgIpc) is 2.14. The van der Waals surface area contributed by atoms with Crippen molar-refractivity contribution in [2.45, 2.75) is 0 Å². The summed E-state index contributed by atoms with van der Waals surface area (Å²) in [6.07, 6.45) is 1.99. The van der Waals surface area contributed by atoms with Crippen molar-refractivity contribution >= 4 is 17.5 Å². The van der Waals surface area contributed by atoms with Crippen molar-refractivity contribution < 1.29 is 5.21 Å². The molecule has 2 rings (SSSR count). The van der Waals surface area contributed by atoms with Gasteiger partial charge >= 0.3 is 0 Å². The SMILES string of the molecule is CN=C(NO)C1=Cc2ccccc21. The lowest BCUT2D eigenvalue weighted by atomic mass is 9.88. The molecule has 0 amide bonds. The van der Waals surface area contributed by atoms with Crippen molar-refractivity contribution in [2.24, 2.45) is 4.99 Å². The first-order chi connectivity index (χ1) is 6.36. The number of hydrogen-bond acceptors (Lipinski definition) is 2. The predicted octanol–water partition coefficient (Wildman–Crippen LogP) is 1.55. The highest BCUT2D eigenvalue weighted by Gasteiger charge is 2.18. The first kappa shape index (κ1) is 8.01. The molecule has 0 fully saturated rings. The molecule has 13 heavy (non-hydrogen) atoms. The second kappa shape index (κ2) is 3.03. The first-order valence-electron chi connectivity index (χ1n) is 4.05. The van der Waals surface area contributed by atoms with E-state index in [1.807, 2.05) is 30.3 Å². The maximum absolute atomic E-state index is 8.77. The molecule has 0 aromatic heterocycles. The van der Waals surface area contributed by atoms with Crippen molar-refractivity contribution in [1.29, 1.82) is 0 Å². The molecule has 0 aliphatic heterocycles. The van der Waals surface area contributed by atoms with Crippen LogP contribution in [0.25, 0.3) is 11.6 Å². The smallest absolute Gasteiger partial charge is 0.152 e. The van der Waals surface area contributed by atoms with E-state index in [9.17, 15) is 0 Å². The van der Waals surface area contributed by atoms with Gasteiger partial charge in [-0.25, -0.2) is 0 Å². The van der Waals surface area contributed by atoms with Gasteiger partial charge in [0.05, 0.1) is 0 Å². The van der Waals surface area contributed by atoms with E-state index in [0.29, 0.717) is 5.84 Å². The number of nitrogens with one attached hydrogen (secondary N) is 1. The lowest BCUT2D eigenvalue weighted by molar-refractivity contribution is 0.236. The van der Waals surface area contributed by atoms with Gasteiger partial charge in [0.2, 0.25) is 0 Å². The topological polar surface area (TPSA) is 44.6 Å². The number of hydrogen-bond donors (Lipinski definition) is 2. The fourth-order valence-electron chi connectivity index (χ4n) is 1.45. The van der Waals surface area contributed by atoms with Gasteiger partial charge in [-0.15, -0.1) is 0 Å². The predicted molar refractivity (Wildman–Crippen MR) is 52.6 cm³/mol. The highest BCUT2D eigenvalue weighted by Crippen LogP contribution is 2.32. The Bertz CT molecular complexity index is 394. The third-order valence-electron chi connectivity index (χ3n) is 2.14. The van der Waals surface area contributed by atoms with E-state index in [4.69, 9.17) is 5.21 Å². The molecule has 1 aromatic rings. The van der Waals surface area contributed by atoms with Gasteiger partial charge in [-0.1, -0.05) is 24.3 Å². The lowest BCUT2D eigenvalue weighted by Crippen LogP contribution is -2.23. The molecule has 3 heteroatoms. The Morgan fingerprint density at radius 1 is 1.38 bits per heavy atom. The molecule has 0 bridgehead atoms. The number of benzene rings is 1. The second-order valence-corrected chi connectivity index (χ2v) is 2.83. The zero-order valence-corrected chi connectivity index (χ0v) is 7.28. The van der Waals surface area contributed by atoms with Gasteiger partial charge in [-0.2, -0.15) is 0 Å². The third-order valence-corrected chi connectivity index (χ3v) is 2.14. The maximum atomic E-state index is 8.77. The van der Waals surface area contributed by atoms with Gasteiger partial charge in [0.15, 0.2) is 5.84 Å². The van der Waals surface area contributed by atoms with Gasteiger partial charge in [0, 0.05) is 12.6 Å². The van der Waals surface area contributed by atoms with Crippen molar-refractivity contribution in [3.63, 3.8) is 0 Å². The molecule has 0 spiro atoms. The number of nitrogens with zero attached hydrogens (tertiary/aromatic N) is 1. The lowest BCUT2D eigenvalue weighted by Gasteiger charge is -2.19. The second-order valence-electron chi connectivity index (χ2n) is 2.83. The molecule has 66 valence electrons. The molecular weight excluding hydrogens is 164 g/mol. The van der Waals surface area contributed by atoms with Gasteiger partial charge in [0.25, 0.3) is 0 Å². The van der Waals surface area contributed by atoms with Crippen molar-refractivity contribution in [3.05, 3.63) is 35.4 Å². The Labute approximate surface area is 76.4 Å². The Kier molecular flexibility index (Phi) is 1.87. The minimum absolute atomic E-state index is 0.513. The largest absolute Gasteiger partial charge is 0.290 e. The van der Waals surface area contributed by atoms with Crippen molar-refractivity contribution in [3.8, 4) is 0 Å². The highest BCUT2D eigenvalue weighted by atomic mass is 16.5. The fraction of sp³-hybridized carbons (Fsp3) is 0.100. The Hall–Kier alpha value is -1.61. The summed E-state index contributed by atoms with van der Waals surface area (Å²) in [5.74, 6) is 0.513. The molecule has 0 unspecified atom stereocenters. The van der Waals surface area contributed by atoms with Crippen molar-refractivity contribution in [2.75, 3.05) is 7.05 Å². The summed E-state index contributed by atoms with van der Waals surface area (Å²) in [5.41, 5.74) is 5.35. The van der Waals surface area contributed by atoms with Crippen LogP contribution in [0.5, 0.6) is 0 Å². The average molecular weight is 174 g/mol. The van der Waals surface area contributed by atoms with E-state index in [1.54, 1.807) is 7.05 Å². The number of amidine groups is 1. The summed E-state index contributed by atoms with van der Waals surface area (Å²) < 4.78 is 0. The van der Waals surface area contributed by atoms with Crippen molar-refractivity contribution in [1.82, 2.24) is 5.48 Å². The minimum atomic E-state index is 0.513. The fourth-order valence-corrected chi connectivity index (χ4v) is 1.45. The number of fused-ring (bicyclic) bond motifs is 1. The van der Waals surface area contributed by atoms with Crippen LogP contribution < -0.4 is 5.48 Å². The van der Waals surface area contributed by atoms with Gasteiger partial charge < -0.3 is 0 Å². The Morgan fingerprint density at radius 2 is 2.15 bits per heavy atom. The van der Waals surface area contributed by atoms with E-state index in [-0.39, 0.29) is 0 Å². The number of rotatable bonds is 1. The van der Waals surface area contributed by atoms with Crippen LogP contribution in [0.4, 0.5) is 0 Å². The van der Waals surface area contributed by atoms with Gasteiger partial charge in [-0.3, -0.25) is 15.7 Å². The first-order valence-corrected chi connectivity index (χ1v) is 4.05. The molecule has 2 N–H and O–H groups in total. The van der Waals surface area contributed by atoms with E-state index >= 15 is 0 Å². The van der Waals surface area contributed by atoms with Crippen LogP contribution in [0.1, 0.15) is 11.1 Å². The monoisotopic (exact) mass is 174 g/mol. The minimum Gasteiger partial charge on any atom is -0.290 e. The molecule has 3 nitrogen and oxygen atoms in total. The summed E-state index contributed by atoms with van der Waals surface area (Å²) >= 11 is 0. The zero-order valence-electron chi connectivity index (χ0n) is 7.28. The molecule has 0 radical (unpaired) electrons. The van der Waals surface area contributed by atoms with Gasteiger partial charge in [0.1, 0.15) is 0 Å². The Balaban J connectivity index is 2.34. The molecule has 0 saturated carbocycles. The van der Waals surface area contributed by atoms with Crippen LogP contribution in [0.3, 0.4) is 0 Å². The summed E-state index contributed by atoms with van der Waals surface area (Å²) in [4.78, 5) is 3.91. The molecule has 0 atom stereocenters. The van der Waals surface area contributed by atoms with Gasteiger partial charge in [-0.05, 0) is 17.2 Å². The molecule has 1 aromatic carbocycles. The molecule has 1 aliphatic carbocycles. The van der Waals surface area contributed by atoms with Crippen LogP contribution >= 0.6 is 0 Å². The summed E-state index contributed by atoms with van der Waals surface area (Å²) in [5, 5.41) is 8.77. The van der Waals surface area contributed by atoms with Crippen LogP contribution in [0.2, 0.25) is 0 Å². The number of hydroxylamine groups is 1. The van der Waals surface area contributed by atoms with E-state index in [1.165, 1.54) is 5.56 Å². The summed E-state index contributed by atoms with van der Waals surface area (Å²) in [6.45, 7) is 0. The highest BCUT2D eigenvalue weighted by molar-refractivity contribution is 6.31. The van der Waals surface area contributed by atoms with E-state index < -0.39 is 0 Å². The quantitative estimate of drug-likeness (QED) is 0.385. The summed E-state index contributed by atoms with van der Waals surface area (Å²) in [6, 6.07) is 7.99. The third kappa shape index (κ3) is 1.13. The molecule has 0 saturated heterocycles. The molecule has 1 aliphatic rings. The molecule has 0 heterocycles. The maximum Gasteiger partial charge on any atom is 0.152 e.